The molecular weight excluding hydrogens is 366 g/mol. The first-order chi connectivity index (χ1) is 14.0. The normalized spacial score (nSPS) is 12.3. The Balaban J connectivity index is 1.82. The minimum absolute atomic E-state index is 0.171. The molecule has 0 saturated heterocycles. The third-order valence-electron chi connectivity index (χ3n) is 5.07. The van der Waals surface area contributed by atoms with E-state index in [0.29, 0.717) is 33.0 Å². The second-order valence-corrected chi connectivity index (χ2v) is 6.94. The zero-order chi connectivity index (χ0) is 20.1. The highest BCUT2D eigenvalue weighted by atomic mass is 16.1. The fourth-order valence-electron chi connectivity index (χ4n) is 3.60. The Bertz CT molecular complexity index is 1560. The van der Waals surface area contributed by atoms with E-state index in [1.807, 2.05) is 56.3 Å². The van der Waals surface area contributed by atoms with Crippen LogP contribution in [0.1, 0.15) is 17.0 Å². The molecule has 0 aliphatic rings. The summed E-state index contributed by atoms with van der Waals surface area (Å²) in [6.45, 7) is 3.69. The van der Waals surface area contributed by atoms with Crippen molar-refractivity contribution in [1.29, 1.82) is 0 Å². The van der Waals surface area contributed by atoms with E-state index in [0.717, 1.165) is 11.4 Å². The molecule has 2 aromatic carbocycles. The molecule has 0 radical (unpaired) electrons. The van der Waals surface area contributed by atoms with Gasteiger partial charge in [0.15, 0.2) is 5.65 Å². The summed E-state index contributed by atoms with van der Waals surface area (Å²) in [7, 11) is 0. The van der Waals surface area contributed by atoms with Gasteiger partial charge in [-0.1, -0.05) is 30.3 Å². The summed E-state index contributed by atoms with van der Waals surface area (Å²) >= 11 is 0. The molecule has 0 atom stereocenters. The molecular formula is C22H17N5O2. The lowest BCUT2D eigenvalue weighted by Gasteiger charge is -1.99. The quantitative estimate of drug-likeness (QED) is 0.504. The maximum Gasteiger partial charge on any atom is 0.281 e. The maximum absolute atomic E-state index is 13.0. The number of nitrogens with one attached hydrogen (secondary N) is 1. The second-order valence-electron chi connectivity index (χ2n) is 6.94. The molecule has 29 heavy (non-hydrogen) atoms. The number of aryl methyl sites for hydroxylation is 2. The van der Waals surface area contributed by atoms with Gasteiger partial charge in [0, 0.05) is 10.9 Å². The predicted molar refractivity (Wildman–Crippen MR) is 111 cm³/mol. The fourth-order valence-corrected chi connectivity index (χ4v) is 3.60. The number of aromatic nitrogens is 5. The smallest absolute Gasteiger partial charge is 0.281 e. The summed E-state index contributed by atoms with van der Waals surface area (Å²) < 4.78 is 3.17. The molecule has 3 heterocycles. The molecule has 0 aliphatic carbocycles. The monoisotopic (exact) mass is 383 g/mol. The lowest BCUT2D eigenvalue weighted by molar-refractivity contribution is 0.835. The summed E-state index contributed by atoms with van der Waals surface area (Å²) in [4.78, 5) is 29.8. The van der Waals surface area contributed by atoms with Crippen LogP contribution in [0.25, 0.3) is 28.3 Å². The van der Waals surface area contributed by atoms with Gasteiger partial charge in [-0.2, -0.15) is 10.1 Å². The van der Waals surface area contributed by atoms with Crippen LogP contribution in [0, 0.1) is 13.8 Å². The van der Waals surface area contributed by atoms with Crippen molar-refractivity contribution in [1.82, 2.24) is 24.4 Å². The van der Waals surface area contributed by atoms with Gasteiger partial charge in [0.25, 0.3) is 11.1 Å². The van der Waals surface area contributed by atoms with Crippen molar-refractivity contribution in [3.8, 4) is 5.69 Å². The van der Waals surface area contributed by atoms with E-state index in [9.17, 15) is 9.59 Å². The predicted octanol–water partition coefficient (Wildman–Crippen LogP) is 1.89. The molecule has 0 unspecified atom stereocenters. The van der Waals surface area contributed by atoms with Crippen LogP contribution in [0.3, 0.4) is 0 Å². The van der Waals surface area contributed by atoms with Gasteiger partial charge in [0.05, 0.1) is 27.8 Å². The average molecular weight is 383 g/mol. The van der Waals surface area contributed by atoms with E-state index in [1.54, 1.807) is 22.7 Å². The SMILES string of the molecule is Cc1[nH]n(-c2ccccc2)c(=O)c1/C=c1/c(C)nn2c1nc(=O)c1ccccc12. The van der Waals surface area contributed by atoms with Gasteiger partial charge in [0.2, 0.25) is 0 Å². The van der Waals surface area contributed by atoms with E-state index in [4.69, 9.17) is 0 Å². The van der Waals surface area contributed by atoms with Crippen molar-refractivity contribution in [2.75, 3.05) is 0 Å². The third-order valence-corrected chi connectivity index (χ3v) is 5.07. The van der Waals surface area contributed by atoms with E-state index in [1.165, 1.54) is 4.68 Å². The van der Waals surface area contributed by atoms with E-state index >= 15 is 0 Å². The molecule has 0 spiro atoms. The molecule has 1 N–H and O–H groups in total. The summed E-state index contributed by atoms with van der Waals surface area (Å²) in [6.07, 6.45) is 1.76. The van der Waals surface area contributed by atoms with Crippen molar-refractivity contribution in [3.05, 3.63) is 97.5 Å². The van der Waals surface area contributed by atoms with Crippen molar-refractivity contribution >= 4 is 22.6 Å². The zero-order valence-corrected chi connectivity index (χ0v) is 15.9. The fraction of sp³-hybridized carbons (Fsp3) is 0.0909. The van der Waals surface area contributed by atoms with Crippen molar-refractivity contribution < 1.29 is 0 Å². The van der Waals surface area contributed by atoms with Crippen molar-refractivity contribution in [3.63, 3.8) is 0 Å². The van der Waals surface area contributed by atoms with E-state index in [-0.39, 0.29) is 11.1 Å². The van der Waals surface area contributed by atoms with Crippen molar-refractivity contribution in [2.24, 2.45) is 0 Å². The molecule has 0 fully saturated rings. The summed E-state index contributed by atoms with van der Waals surface area (Å²) in [5.74, 6) is 0. The van der Waals surface area contributed by atoms with E-state index < -0.39 is 0 Å². The molecule has 0 bridgehead atoms. The number of hydrogen-bond donors (Lipinski definition) is 1. The van der Waals surface area contributed by atoms with Crippen molar-refractivity contribution in [2.45, 2.75) is 13.8 Å². The first kappa shape index (κ1) is 17.1. The van der Waals surface area contributed by atoms with Gasteiger partial charge in [-0.3, -0.25) is 14.7 Å². The Labute approximate surface area is 164 Å². The highest BCUT2D eigenvalue weighted by Gasteiger charge is 2.14. The summed E-state index contributed by atoms with van der Waals surface area (Å²) in [6, 6.07) is 16.6. The molecule has 7 heteroatoms. The van der Waals surface area contributed by atoms with Gasteiger partial charge in [-0.15, -0.1) is 0 Å². The number of fused-ring (bicyclic) bond motifs is 3. The van der Waals surface area contributed by atoms with Gasteiger partial charge in [0.1, 0.15) is 0 Å². The van der Waals surface area contributed by atoms with Gasteiger partial charge in [-0.25, -0.2) is 9.20 Å². The molecule has 0 amide bonds. The van der Waals surface area contributed by atoms with Crippen LogP contribution in [-0.4, -0.2) is 24.4 Å². The number of nitrogens with zero attached hydrogens (tertiary/aromatic N) is 4. The van der Waals surface area contributed by atoms with Gasteiger partial charge < -0.3 is 0 Å². The third kappa shape index (κ3) is 2.59. The Morgan fingerprint density at radius 3 is 2.48 bits per heavy atom. The lowest BCUT2D eigenvalue weighted by atomic mass is 10.2. The topological polar surface area (TPSA) is 85.1 Å². The number of aromatic amines is 1. The molecule has 5 rings (SSSR count). The molecule has 5 aromatic rings. The molecule has 0 aliphatic heterocycles. The summed E-state index contributed by atoms with van der Waals surface area (Å²) in [5, 5.41) is 8.85. The van der Waals surface area contributed by atoms with Crippen LogP contribution < -0.4 is 16.3 Å². The Kier molecular flexibility index (Phi) is 3.70. The minimum atomic E-state index is -0.310. The number of H-pyrrole nitrogens is 1. The average Bonchev–Trinajstić information content (AvgIpc) is 3.20. The molecule has 142 valence electrons. The summed E-state index contributed by atoms with van der Waals surface area (Å²) in [5.41, 5.74) is 3.33. The van der Waals surface area contributed by atoms with Crippen LogP contribution in [0.2, 0.25) is 0 Å². The number of benzene rings is 2. The van der Waals surface area contributed by atoms with Gasteiger partial charge >= 0.3 is 0 Å². The highest BCUT2D eigenvalue weighted by molar-refractivity contribution is 5.80. The Hall–Kier alpha value is -4.00. The van der Waals surface area contributed by atoms with Crippen LogP contribution in [0.4, 0.5) is 0 Å². The minimum Gasteiger partial charge on any atom is -0.295 e. The first-order valence-corrected chi connectivity index (χ1v) is 9.21. The second kappa shape index (κ2) is 6.27. The number of para-hydroxylation sites is 2. The molecule has 3 aromatic heterocycles. The van der Waals surface area contributed by atoms with Crippen LogP contribution in [0.5, 0.6) is 0 Å². The lowest BCUT2D eigenvalue weighted by Crippen LogP contribution is -2.18. The van der Waals surface area contributed by atoms with Crippen LogP contribution in [0.15, 0.2) is 64.2 Å². The molecule has 7 nitrogen and oxygen atoms in total. The number of hydrogen-bond acceptors (Lipinski definition) is 4. The Morgan fingerprint density at radius 1 is 0.966 bits per heavy atom. The standard InChI is InChI=1S/C22H17N5O2/c1-13-17(20-23-21(28)16-10-6-7-11-19(16)27(20)25-13)12-18-14(2)24-26(22(18)29)15-8-4-3-5-9-15/h3-12,24H,1-2H3/b17-12-. The van der Waals surface area contributed by atoms with Crippen LogP contribution >= 0.6 is 0 Å². The zero-order valence-electron chi connectivity index (χ0n) is 15.9. The van der Waals surface area contributed by atoms with Crippen LogP contribution in [-0.2, 0) is 0 Å². The largest absolute Gasteiger partial charge is 0.295 e. The Morgan fingerprint density at radius 2 is 1.69 bits per heavy atom. The highest BCUT2D eigenvalue weighted by Crippen LogP contribution is 2.11. The number of rotatable bonds is 2. The first-order valence-electron chi connectivity index (χ1n) is 9.21. The maximum atomic E-state index is 13.0. The van der Waals surface area contributed by atoms with E-state index in [2.05, 4.69) is 15.2 Å². The van der Waals surface area contributed by atoms with Gasteiger partial charge in [-0.05, 0) is 44.2 Å². The molecule has 0 saturated carbocycles.